The molecule has 0 saturated carbocycles. The van der Waals surface area contributed by atoms with E-state index in [2.05, 4.69) is 4.72 Å². The zero-order valence-electron chi connectivity index (χ0n) is 15.1. The molecule has 0 spiro atoms. The van der Waals surface area contributed by atoms with Gasteiger partial charge in [0, 0.05) is 17.5 Å². The summed E-state index contributed by atoms with van der Waals surface area (Å²) in [6.07, 6.45) is 0.744. The minimum absolute atomic E-state index is 0.181. The van der Waals surface area contributed by atoms with Crippen molar-refractivity contribution in [2.24, 2.45) is 0 Å². The molecule has 0 heterocycles. The first kappa shape index (κ1) is 20.6. The zero-order valence-corrected chi connectivity index (χ0v) is 16.7. The van der Waals surface area contributed by atoms with Gasteiger partial charge in [-0.1, -0.05) is 18.2 Å². The van der Waals surface area contributed by atoms with Gasteiger partial charge in [-0.15, -0.1) is 11.8 Å². The molecular formula is C19H25NO4S2. The van der Waals surface area contributed by atoms with E-state index in [1.165, 1.54) is 17.0 Å². The molecule has 0 aliphatic rings. The minimum atomic E-state index is -3.57. The Morgan fingerprint density at radius 1 is 0.962 bits per heavy atom. The van der Waals surface area contributed by atoms with Crippen LogP contribution in [-0.4, -0.2) is 33.9 Å². The number of thioether (sulfide) groups is 1. The van der Waals surface area contributed by atoms with Crippen LogP contribution in [0.4, 0.5) is 0 Å². The molecule has 1 N–H and O–H groups in total. The van der Waals surface area contributed by atoms with E-state index >= 15 is 0 Å². The molecule has 0 atom stereocenters. The molecule has 0 radical (unpaired) electrons. The van der Waals surface area contributed by atoms with Crippen LogP contribution in [0.25, 0.3) is 0 Å². The molecule has 2 rings (SSSR count). The monoisotopic (exact) mass is 395 g/mol. The number of nitrogens with one attached hydrogen (secondary N) is 1. The molecule has 26 heavy (non-hydrogen) atoms. The third-order valence-electron chi connectivity index (χ3n) is 3.45. The number of hydrogen-bond acceptors (Lipinski definition) is 5. The van der Waals surface area contributed by atoms with Crippen molar-refractivity contribution in [2.75, 3.05) is 25.5 Å². The topological polar surface area (TPSA) is 64.6 Å². The van der Waals surface area contributed by atoms with Crippen LogP contribution < -0.4 is 14.2 Å². The van der Waals surface area contributed by atoms with Crippen LogP contribution in [0, 0.1) is 0 Å². The molecule has 0 amide bonds. The Labute approximate surface area is 160 Å². The summed E-state index contributed by atoms with van der Waals surface area (Å²) in [5.41, 5.74) is 0. The Hall–Kier alpha value is -1.70. The molecule has 2 aromatic rings. The van der Waals surface area contributed by atoms with Crippen molar-refractivity contribution in [2.45, 2.75) is 30.1 Å². The maximum Gasteiger partial charge on any atom is 0.240 e. The molecule has 5 nitrogen and oxygen atoms in total. The highest BCUT2D eigenvalue weighted by molar-refractivity contribution is 7.99. The second-order valence-corrected chi connectivity index (χ2v) is 8.32. The van der Waals surface area contributed by atoms with Crippen LogP contribution in [0.15, 0.2) is 58.3 Å². The summed E-state index contributed by atoms with van der Waals surface area (Å²) >= 11 is 1.71. The van der Waals surface area contributed by atoms with Crippen molar-refractivity contribution in [3.8, 4) is 11.5 Å². The van der Waals surface area contributed by atoms with Gasteiger partial charge >= 0.3 is 0 Å². The van der Waals surface area contributed by atoms with Gasteiger partial charge in [-0.05, 0) is 50.3 Å². The average molecular weight is 396 g/mol. The molecule has 0 bridgehead atoms. The molecule has 7 heteroatoms. The number of benzene rings is 2. The van der Waals surface area contributed by atoms with Gasteiger partial charge in [0.15, 0.2) is 11.5 Å². The lowest BCUT2D eigenvalue weighted by atomic mass is 10.3. The number of ether oxygens (including phenoxy) is 2. The Morgan fingerprint density at radius 3 is 2.35 bits per heavy atom. The van der Waals surface area contributed by atoms with Crippen molar-refractivity contribution in [3.63, 3.8) is 0 Å². The third kappa shape index (κ3) is 6.23. The van der Waals surface area contributed by atoms with Crippen LogP contribution in [0.1, 0.15) is 20.3 Å². The van der Waals surface area contributed by atoms with E-state index in [-0.39, 0.29) is 4.90 Å². The van der Waals surface area contributed by atoms with Gasteiger partial charge in [0.2, 0.25) is 10.0 Å². The van der Waals surface area contributed by atoms with Crippen LogP contribution in [0.5, 0.6) is 11.5 Å². The summed E-state index contributed by atoms with van der Waals surface area (Å²) in [4.78, 5) is 1.36. The van der Waals surface area contributed by atoms with Crippen LogP contribution in [0.2, 0.25) is 0 Å². The minimum Gasteiger partial charge on any atom is -0.490 e. The quantitative estimate of drug-likeness (QED) is 0.461. The SMILES string of the molecule is CCOc1ccc(S(=O)(=O)NCCCSc2ccccc2)cc1OCC. The predicted octanol–water partition coefficient (Wildman–Crippen LogP) is 3.94. The van der Waals surface area contributed by atoms with Crippen LogP contribution in [0.3, 0.4) is 0 Å². The fraction of sp³-hybridized carbons (Fsp3) is 0.368. The van der Waals surface area contributed by atoms with Gasteiger partial charge in [0.05, 0.1) is 18.1 Å². The smallest absolute Gasteiger partial charge is 0.240 e. The Kier molecular flexibility index (Phi) is 8.28. The molecule has 0 aliphatic heterocycles. The molecule has 142 valence electrons. The number of hydrogen-bond donors (Lipinski definition) is 1. The van der Waals surface area contributed by atoms with Crippen LogP contribution in [-0.2, 0) is 10.0 Å². The zero-order chi connectivity index (χ0) is 18.8. The highest BCUT2D eigenvalue weighted by Gasteiger charge is 2.16. The van der Waals surface area contributed by atoms with E-state index in [0.717, 1.165) is 12.2 Å². The van der Waals surface area contributed by atoms with Gasteiger partial charge in [0.1, 0.15) is 0 Å². The van der Waals surface area contributed by atoms with Gasteiger partial charge in [-0.2, -0.15) is 0 Å². The van der Waals surface area contributed by atoms with E-state index in [1.807, 2.05) is 44.2 Å². The summed E-state index contributed by atoms with van der Waals surface area (Å²) in [6.45, 7) is 5.03. The summed E-state index contributed by atoms with van der Waals surface area (Å²) in [7, 11) is -3.57. The highest BCUT2D eigenvalue weighted by Crippen LogP contribution is 2.30. The van der Waals surface area contributed by atoms with Gasteiger partial charge in [-0.3, -0.25) is 0 Å². The second-order valence-electron chi connectivity index (χ2n) is 5.39. The van der Waals surface area contributed by atoms with Crippen molar-refractivity contribution >= 4 is 21.8 Å². The maximum absolute atomic E-state index is 12.5. The predicted molar refractivity (Wildman–Crippen MR) is 106 cm³/mol. The highest BCUT2D eigenvalue weighted by atomic mass is 32.2. The summed E-state index contributed by atoms with van der Waals surface area (Å²) in [5.74, 6) is 1.84. The molecule has 0 saturated heterocycles. The van der Waals surface area contributed by atoms with Gasteiger partial charge in [-0.25, -0.2) is 13.1 Å². The Bertz CT molecular complexity index is 779. The van der Waals surface area contributed by atoms with E-state index in [9.17, 15) is 8.42 Å². The maximum atomic E-state index is 12.5. The fourth-order valence-electron chi connectivity index (χ4n) is 2.27. The van der Waals surface area contributed by atoms with Crippen molar-refractivity contribution in [1.29, 1.82) is 0 Å². The third-order valence-corrected chi connectivity index (χ3v) is 6.01. The molecule has 2 aromatic carbocycles. The van der Waals surface area contributed by atoms with Crippen molar-refractivity contribution < 1.29 is 17.9 Å². The lowest BCUT2D eigenvalue weighted by Crippen LogP contribution is -2.25. The van der Waals surface area contributed by atoms with Crippen LogP contribution >= 0.6 is 11.8 Å². The Balaban J connectivity index is 1.91. The first-order valence-corrected chi connectivity index (χ1v) is 11.1. The first-order chi connectivity index (χ1) is 12.6. The first-order valence-electron chi connectivity index (χ1n) is 8.64. The second kappa shape index (κ2) is 10.4. The van der Waals surface area contributed by atoms with E-state index in [4.69, 9.17) is 9.47 Å². The number of rotatable bonds is 11. The van der Waals surface area contributed by atoms with E-state index < -0.39 is 10.0 Å². The lowest BCUT2D eigenvalue weighted by molar-refractivity contribution is 0.287. The van der Waals surface area contributed by atoms with Gasteiger partial charge < -0.3 is 9.47 Å². The lowest BCUT2D eigenvalue weighted by Gasteiger charge is -2.13. The molecule has 0 unspecified atom stereocenters. The van der Waals surface area contributed by atoms with E-state index in [1.54, 1.807) is 17.8 Å². The molecular weight excluding hydrogens is 370 g/mol. The fourth-order valence-corrected chi connectivity index (χ4v) is 4.23. The normalized spacial score (nSPS) is 11.3. The molecule has 0 aliphatic carbocycles. The van der Waals surface area contributed by atoms with Crippen molar-refractivity contribution in [3.05, 3.63) is 48.5 Å². The summed E-state index contributed by atoms with van der Waals surface area (Å²) in [6, 6.07) is 14.7. The van der Waals surface area contributed by atoms with E-state index in [0.29, 0.717) is 31.3 Å². The average Bonchev–Trinajstić information content (AvgIpc) is 2.64. The summed E-state index contributed by atoms with van der Waals surface area (Å²) in [5, 5.41) is 0. The van der Waals surface area contributed by atoms with Gasteiger partial charge in [0.25, 0.3) is 0 Å². The largest absolute Gasteiger partial charge is 0.490 e. The van der Waals surface area contributed by atoms with Crippen molar-refractivity contribution in [1.82, 2.24) is 4.72 Å². The standard InChI is InChI=1S/C19H25NO4S2/c1-3-23-18-12-11-17(15-19(18)24-4-2)26(21,22)20-13-8-14-25-16-9-6-5-7-10-16/h5-7,9-12,15,20H,3-4,8,13-14H2,1-2H3. The number of sulfonamides is 1. The molecule has 0 aromatic heterocycles. The Morgan fingerprint density at radius 2 is 1.65 bits per heavy atom. The summed E-state index contributed by atoms with van der Waals surface area (Å²) < 4.78 is 38.6. The molecule has 0 fully saturated rings.